The van der Waals surface area contributed by atoms with Gasteiger partial charge in [-0.25, -0.2) is 0 Å². The van der Waals surface area contributed by atoms with Crippen molar-refractivity contribution in [1.82, 2.24) is 14.1 Å². The summed E-state index contributed by atoms with van der Waals surface area (Å²) in [6.07, 6.45) is 4.74. The highest BCUT2D eigenvalue weighted by atomic mass is 32.1. The van der Waals surface area contributed by atoms with Crippen molar-refractivity contribution in [3.8, 4) is 5.88 Å². The zero-order chi connectivity index (χ0) is 12.6. The van der Waals surface area contributed by atoms with E-state index in [9.17, 15) is 5.11 Å². The number of aliphatic hydroxyl groups is 1. The van der Waals surface area contributed by atoms with Crippen LogP contribution < -0.4 is 10.1 Å². The Hall–Kier alpha value is -0.760. The molecule has 1 aromatic heterocycles. The molecule has 1 aromatic rings. The van der Waals surface area contributed by atoms with Crippen LogP contribution in [0.5, 0.6) is 5.88 Å². The van der Waals surface area contributed by atoms with Crippen LogP contribution in [0.3, 0.4) is 0 Å². The molecule has 2 unspecified atom stereocenters. The summed E-state index contributed by atoms with van der Waals surface area (Å²) in [7, 11) is 0. The van der Waals surface area contributed by atoms with Gasteiger partial charge >= 0.3 is 0 Å². The molecule has 1 aliphatic heterocycles. The van der Waals surface area contributed by atoms with Gasteiger partial charge < -0.3 is 19.9 Å². The minimum Gasteiger partial charge on any atom is -0.473 e. The summed E-state index contributed by atoms with van der Waals surface area (Å²) in [5.74, 6) is 0.471. The number of ether oxygens (including phenoxy) is 2. The normalized spacial score (nSPS) is 21.1. The summed E-state index contributed by atoms with van der Waals surface area (Å²) >= 11 is 1.09. The minimum atomic E-state index is -0.531. The SMILES string of the molecule is OC(CNCCC1CCCO1)COc1cnsn1. The summed E-state index contributed by atoms with van der Waals surface area (Å²) in [5, 5.41) is 12.9. The maximum absolute atomic E-state index is 9.68. The van der Waals surface area contributed by atoms with Crippen LogP contribution >= 0.6 is 11.7 Å². The zero-order valence-electron chi connectivity index (χ0n) is 10.2. The third kappa shape index (κ3) is 4.85. The average Bonchev–Trinajstić information content (AvgIpc) is 3.04. The lowest BCUT2D eigenvalue weighted by Gasteiger charge is -2.13. The van der Waals surface area contributed by atoms with Crippen LogP contribution in [-0.4, -0.2) is 52.4 Å². The Balaban J connectivity index is 1.48. The fourth-order valence-electron chi connectivity index (χ4n) is 1.86. The fourth-order valence-corrected chi connectivity index (χ4v) is 2.23. The number of aromatic nitrogens is 2. The maximum Gasteiger partial charge on any atom is 0.245 e. The van der Waals surface area contributed by atoms with Crippen LogP contribution in [0.4, 0.5) is 0 Å². The summed E-state index contributed by atoms with van der Waals surface area (Å²) in [6, 6.07) is 0. The van der Waals surface area contributed by atoms with E-state index in [1.165, 1.54) is 6.42 Å². The van der Waals surface area contributed by atoms with E-state index in [1.807, 2.05) is 0 Å². The quantitative estimate of drug-likeness (QED) is 0.669. The Morgan fingerprint density at radius 3 is 3.33 bits per heavy atom. The molecule has 102 valence electrons. The molecule has 2 N–H and O–H groups in total. The van der Waals surface area contributed by atoms with E-state index in [0.717, 1.165) is 37.7 Å². The smallest absolute Gasteiger partial charge is 0.245 e. The Bertz CT molecular complexity index is 317. The molecule has 0 aromatic carbocycles. The second-order valence-electron chi connectivity index (χ2n) is 4.34. The van der Waals surface area contributed by atoms with E-state index in [2.05, 4.69) is 14.1 Å². The predicted molar refractivity (Wildman–Crippen MR) is 67.9 cm³/mol. The Morgan fingerprint density at radius 1 is 1.67 bits per heavy atom. The summed E-state index contributed by atoms with van der Waals surface area (Å²) in [6.45, 7) is 2.51. The largest absolute Gasteiger partial charge is 0.473 e. The standard InChI is InChI=1S/C11H19N3O3S/c15-9(8-17-11-7-13-18-14-11)6-12-4-3-10-2-1-5-16-10/h7,9-10,12,15H,1-6,8H2. The highest BCUT2D eigenvalue weighted by Crippen LogP contribution is 2.14. The van der Waals surface area contributed by atoms with Crippen molar-refractivity contribution in [1.29, 1.82) is 0 Å². The van der Waals surface area contributed by atoms with Crippen molar-refractivity contribution in [2.45, 2.75) is 31.5 Å². The molecule has 1 fully saturated rings. The Labute approximate surface area is 111 Å². The molecule has 7 heteroatoms. The number of hydrogen-bond donors (Lipinski definition) is 2. The van der Waals surface area contributed by atoms with Gasteiger partial charge in [0.25, 0.3) is 0 Å². The van der Waals surface area contributed by atoms with E-state index in [4.69, 9.17) is 9.47 Å². The minimum absolute atomic E-state index is 0.234. The van der Waals surface area contributed by atoms with E-state index < -0.39 is 6.10 Å². The van der Waals surface area contributed by atoms with Gasteiger partial charge in [-0.15, -0.1) is 4.37 Å². The lowest BCUT2D eigenvalue weighted by Crippen LogP contribution is -2.33. The topological polar surface area (TPSA) is 76.5 Å². The van der Waals surface area contributed by atoms with Crippen molar-refractivity contribution in [2.75, 3.05) is 26.3 Å². The van der Waals surface area contributed by atoms with Crippen LogP contribution in [0.25, 0.3) is 0 Å². The molecular formula is C11H19N3O3S. The summed E-state index contributed by atoms with van der Waals surface area (Å²) < 4.78 is 18.5. The van der Waals surface area contributed by atoms with E-state index >= 15 is 0 Å². The van der Waals surface area contributed by atoms with Gasteiger partial charge in [0.15, 0.2) is 0 Å². The molecule has 2 rings (SSSR count). The molecule has 2 heterocycles. The molecule has 1 aliphatic rings. The summed E-state index contributed by atoms with van der Waals surface area (Å²) in [5.41, 5.74) is 0. The molecule has 2 atom stereocenters. The number of aliphatic hydroxyl groups excluding tert-OH is 1. The van der Waals surface area contributed by atoms with E-state index in [0.29, 0.717) is 18.5 Å². The van der Waals surface area contributed by atoms with Crippen molar-refractivity contribution in [3.63, 3.8) is 0 Å². The number of rotatable bonds is 8. The van der Waals surface area contributed by atoms with Gasteiger partial charge in [0.2, 0.25) is 5.88 Å². The van der Waals surface area contributed by atoms with E-state index in [1.54, 1.807) is 6.20 Å². The van der Waals surface area contributed by atoms with Crippen LogP contribution in [0.15, 0.2) is 6.20 Å². The zero-order valence-corrected chi connectivity index (χ0v) is 11.1. The fraction of sp³-hybridized carbons (Fsp3) is 0.818. The first-order chi connectivity index (χ1) is 8.84. The van der Waals surface area contributed by atoms with Crippen molar-refractivity contribution >= 4 is 11.7 Å². The Morgan fingerprint density at radius 2 is 2.61 bits per heavy atom. The first kappa shape index (κ1) is 13.7. The van der Waals surface area contributed by atoms with Gasteiger partial charge in [-0.3, -0.25) is 0 Å². The van der Waals surface area contributed by atoms with Gasteiger partial charge in [-0.2, -0.15) is 4.37 Å². The second-order valence-corrected chi connectivity index (χ2v) is 4.90. The number of nitrogens with one attached hydrogen (secondary N) is 1. The molecular weight excluding hydrogens is 254 g/mol. The number of nitrogens with zero attached hydrogens (tertiary/aromatic N) is 2. The van der Waals surface area contributed by atoms with Crippen LogP contribution in [-0.2, 0) is 4.74 Å². The summed E-state index contributed by atoms with van der Waals surface area (Å²) in [4.78, 5) is 0. The lowest BCUT2D eigenvalue weighted by atomic mass is 10.2. The molecule has 18 heavy (non-hydrogen) atoms. The molecule has 0 bridgehead atoms. The van der Waals surface area contributed by atoms with Crippen LogP contribution in [0.2, 0.25) is 0 Å². The van der Waals surface area contributed by atoms with Crippen molar-refractivity contribution in [3.05, 3.63) is 6.20 Å². The molecule has 1 saturated heterocycles. The van der Waals surface area contributed by atoms with Gasteiger partial charge in [0.1, 0.15) is 18.9 Å². The Kier molecular flexibility index (Phi) is 5.79. The molecule has 0 amide bonds. The predicted octanol–water partition coefficient (Wildman–Crippen LogP) is 0.436. The first-order valence-corrected chi connectivity index (χ1v) is 6.98. The van der Waals surface area contributed by atoms with Crippen LogP contribution in [0.1, 0.15) is 19.3 Å². The maximum atomic E-state index is 9.68. The first-order valence-electron chi connectivity index (χ1n) is 6.25. The van der Waals surface area contributed by atoms with Crippen molar-refractivity contribution < 1.29 is 14.6 Å². The van der Waals surface area contributed by atoms with Crippen molar-refractivity contribution in [2.24, 2.45) is 0 Å². The molecule has 0 saturated carbocycles. The van der Waals surface area contributed by atoms with E-state index in [-0.39, 0.29) is 6.61 Å². The average molecular weight is 273 g/mol. The highest BCUT2D eigenvalue weighted by Gasteiger charge is 2.14. The molecule has 0 radical (unpaired) electrons. The third-order valence-electron chi connectivity index (χ3n) is 2.81. The van der Waals surface area contributed by atoms with Gasteiger partial charge in [-0.05, 0) is 25.8 Å². The highest BCUT2D eigenvalue weighted by molar-refractivity contribution is 6.99. The number of hydrogen-bond acceptors (Lipinski definition) is 7. The van der Waals surface area contributed by atoms with Crippen LogP contribution in [0, 0.1) is 0 Å². The van der Waals surface area contributed by atoms with Gasteiger partial charge in [0.05, 0.1) is 17.8 Å². The molecule has 6 nitrogen and oxygen atoms in total. The van der Waals surface area contributed by atoms with Gasteiger partial charge in [0, 0.05) is 13.2 Å². The monoisotopic (exact) mass is 273 g/mol. The molecule has 0 spiro atoms. The van der Waals surface area contributed by atoms with Gasteiger partial charge in [-0.1, -0.05) is 0 Å². The third-order valence-corrected chi connectivity index (χ3v) is 3.27. The molecule has 0 aliphatic carbocycles. The second kappa shape index (κ2) is 7.63. The lowest BCUT2D eigenvalue weighted by molar-refractivity contribution is 0.0933.